The number of carbonyl (C=O) groups is 1. The maximum absolute atomic E-state index is 12.1. The molecule has 0 aromatic heterocycles. The van der Waals surface area contributed by atoms with Crippen LogP contribution in [0.1, 0.15) is 15.9 Å². The summed E-state index contributed by atoms with van der Waals surface area (Å²) in [4.78, 5) is 12.1. The Morgan fingerprint density at radius 3 is 2.38 bits per heavy atom. The first-order valence-corrected chi connectivity index (χ1v) is 7.01. The molecule has 0 saturated carbocycles. The Morgan fingerprint density at radius 1 is 1.00 bits per heavy atom. The van der Waals surface area contributed by atoms with Gasteiger partial charge in [0, 0.05) is 5.56 Å². The molecule has 126 valence electrons. The predicted molar refractivity (Wildman–Crippen MR) is 89.3 cm³/mol. The van der Waals surface area contributed by atoms with Gasteiger partial charge in [-0.15, -0.1) is 0 Å². The summed E-state index contributed by atoms with van der Waals surface area (Å²) >= 11 is 0. The number of amides is 1. The average molecular weight is 330 g/mol. The van der Waals surface area contributed by atoms with E-state index in [2.05, 4.69) is 10.5 Å². The summed E-state index contributed by atoms with van der Waals surface area (Å²) in [5.41, 5.74) is 3.47. The lowest BCUT2D eigenvalue weighted by Gasteiger charge is -2.08. The number of nitrogens with one attached hydrogen (secondary N) is 1. The molecule has 0 saturated heterocycles. The third-order valence-corrected chi connectivity index (χ3v) is 3.23. The van der Waals surface area contributed by atoms with Crippen LogP contribution >= 0.6 is 0 Å². The molecule has 0 aliphatic carbocycles. The first kappa shape index (κ1) is 17.1. The van der Waals surface area contributed by atoms with Gasteiger partial charge >= 0.3 is 0 Å². The van der Waals surface area contributed by atoms with Crippen LogP contribution in [0.25, 0.3) is 0 Å². The maximum Gasteiger partial charge on any atom is 0.271 e. The van der Waals surface area contributed by atoms with Crippen molar-refractivity contribution in [2.75, 3.05) is 21.3 Å². The highest BCUT2D eigenvalue weighted by atomic mass is 16.5. The molecule has 7 heteroatoms. The lowest BCUT2D eigenvalue weighted by molar-refractivity contribution is 0.0954. The largest absolute Gasteiger partial charge is 0.504 e. The highest BCUT2D eigenvalue weighted by molar-refractivity contribution is 5.95. The molecule has 2 aromatic rings. The summed E-state index contributed by atoms with van der Waals surface area (Å²) in [6.45, 7) is 0. The zero-order valence-corrected chi connectivity index (χ0v) is 13.6. The fourth-order valence-electron chi connectivity index (χ4n) is 1.98. The molecule has 0 radical (unpaired) electrons. The summed E-state index contributed by atoms with van der Waals surface area (Å²) < 4.78 is 15.3. The number of hydrogen-bond acceptors (Lipinski definition) is 6. The second-order valence-corrected chi connectivity index (χ2v) is 4.70. The molecule has 0 aliphatic rings. The van der Waals surface area contributed by atoms with Crippen LogP contribution < -0.4 is 19.6 Å². The summed E-state index contributed by atoms with van der Waals surface area (Å²) in [5.74, 6) is 0.957. The van der Waals surface area contributed by atoms with E-state index in [1.54, 1.807) is 30.3 Å². The van der Waals surface area contributed by atoms with Crippen LogP contribution in [0.2, 0.25) is 0 Å². The van der Waals surface area contributed by atoms with Crippen LogP contribution in [-0.4, -0.2) is 38.6 Å². The van der Waals surface area contributed by atoms with Crippen LogP contribution in [0.15, 0.2) is 41.5 Å². The van der Waals surface area contributed by atoms with Crippen molar-refractivity contribution in [3.05, 3.63) is 47.5 Å². The molecule has 0 unspecified atom stereocenters. The molecule has 0 fully saturated rings. The summed E-state index contributed by atoms with van der Waals surface area (Å²) in [6, 6.07) is 9.53. The van der Waals surface area contributed by atoms with Gasteiger partial charge in [0.15, 0.2) is 23.0 Å². The smallest absolute Gasteiger partial charge is 0.271 e. The Balaban J connectivity index is 2.07. The Labute approximate surface area is 139 Å². The number of hydrogen-bond donors (Lipinski definition) is 2. The van der Waals surface area contributed by atoms with E-state index in [1.165, 1.54) is 33.6 Å². The molecule has 7 nitrogen and oxygen atoms in total. The monoisotopic (exact) mass is 330 g/mol. The quantitative estimate of drug-likeness (QED) is 0.626. The topological polar surface area (TPSA) is 89.4 Å². The van der Waals surface area contributed by atoms with Gasteiger partial charge < -0.3 is 19.3 Å². The molecular formula is C17H18N2O5. The molecule has 2 aromatic carbocycles. The van der Waals surface area contributed by atoms with E-state index < -0.39 is 5.91 Å². The zero-order chi connectivity index (χ0) is 17.5. The normalized spacial score (nSPS) is 10.5. The van der Waals surface area contributed by atoms with Gasteiger partial charge in [-0.3, -0.25) is 4.79 Å². The SMILES string of the molecule is COc1cc(/C=N\NC(=O)c2ccc(OC)c(OC)c2)ccc1O. The molecule has 0 spiro atoms. The standard InChI is InChI=1S/C17H18N2O5/c1-22-14-7-5-12(9-16(14)24-3)17(21)19-18-10-11-4-6-13(20)15(8-11)23-2/h4-10,20H,1-3H3,(H,19,21)/b18-10-. The van der Waals surface area contributed by atoms with Gasteiger partial charge in [0.25, 0.3) is 5.91 Å². The number of hydrazone groups is 1. The third kappa shape index (κ3) is 3.95. The number of phenols is 1. The minimum atomic E-state index is -0.391. The number of rotatable bonds is 6. The molecule has 0 atom stereocenters. The van der Waals surface area contributed by atoms with Crippen molar-refractivity contribution in [2.24, 2.45) is 5.10 Å². The Kier molecular flexibility index (Phi) is 5.62. The van der Waals surface area contributed by atoms with Gasteiger partial charge in [0.2, 0.25) is 0 Å². The van der Waals surface area contributed by atoms with E-state index in [-0.39, 0.29) is 5.75 Å². The zero-order valence-electron chi connectivity index (χ0n) is 13.6. The van der Waals surface area contributed by atoms with Crippen molar-refractivity contribution in [1.29, 1.82) is 0 Å². The van der Waals surface area contributed by atoms with Crippen LogP contribution in [-0.2, 0) is 0 Å². The van der Waals surface area contributed by atoms with E-state index in [1.807, 2.05) is 0 Å². The van der Waals surface area contributed by atoms with Gasteiger partial charge in [-0.2, -0.15) is 5.10 Å². The molecule has 1 amide bonds. The van der Waals surface area contributed by atoms with Crippen molar-refractivity contribution in [3.63, 3.8) is 0 Å². The number of methoxy groups -OCH3 is 3. The highest BCUT2D eigenvalue weighted by Crippen LogP contribution is 2.27. The predicted octanol–water partition coefficient (Wildman–Crippen LogP) is 2.18. The molecule has 0 heterocycles. The van der Waals surface area contributed by atoms with Crippen molar-refractivity contribution >= 4 is 12.1 Å². The van der Waals surface area contributed by atoms with Gasteiger partial charge in [-0.05, 0) is 42.0 Å². The molecular weight excluding hydrogens is 312 g/mol. The van der Waals surface area contributed by atoms with Gasteiger partial charge in [-0.25, -0.2) is 5.43 Å². The number of benzene rings is 2. The van der Waals surface area contributed by atoms with Gasteiger partial charge in [0.05, 0.1) is 27.5 Å². The third-order valence-electron chi connectivity index (χ3n) is 3.23. The van der Waals surface area contributed by atoms with E-state index in [4.69, 9.17) is 14.2 Å². The second-order valence-electron chi connectivity index (χ2n) is 4.70. The van der Waals surface area contributed by atoms with Gasteiger partial charge in [-0.1, -0.05) is 0 Å². The fraction of sp³-hybridized carbons (Fsp3) is 0.176. The molecule has 24 heavy (non-hydrogen) atoms. The first-order valence-electron chi connectivity index (χ1n) is 7.01. The fourth-order valence-corrected chi connectivity index (χ4v) is 1.98. The Bertz CT molecular complexity index is 759. The van der Waals surface area contributed by atoms with Crippen molar-refractivity contribution < 1.29 is 24.1 Å². The van der Waals surface area contributed by atoms with Crippen molar-refractivity contribution in [3.8, 4) is 23.0 Å². The maximum atomic E-state index is 12.1. The lowest BCUT2D eigenvalue weighted by atomic mass is 10.2. The lowest BCUT2D eigenvalue weighted by Crippen LogP contribution is -2.17. The van der Waals surface area contributed by atoms with Crippen molar-refractivity contribution in [1.82, 2.24) is 5.43 Å². The number of ether oxygens (including phenoxy) is 3. The van der Waals surface area contributed by atoms with E-state index in [0.717, 1.165) is 0 Å². The van der Waals surface area contributed by atoms with E-state index >= 15 is 0 Å². The second kappa shape index (κ2) is 7.87. The number of carbonyl (C=O) groups excluding carboxylic acids is 1. The van der Waals surface area contributed by atoms with E-state index in [0.29, 0.717) is 28.4 Å². The molecule has 0 aliphatic heterocycles. The number of nitrogens with zero attached hydrogens (tertiary/aromatic N) is 1. The Hall–Kier alpha value is -3.22. The number of phenolic OH excluding ortho intramolecular Hbond substituents is 1. The molecule has 2 rings (SSSR count). The van der Waals surface area contributed by atoms with E-state index in [9.17, 15) is 9.90 Å². The minimum absolute atomic E-state index is 0.0315. The van der Waals surface area contributed by atoms with Crippen LogP contribution in [0.3, 0.4) is 0 Å². The van der Waals surface area contributed by atoms with Crippen LogP contribution in [0.4, 0.5) is 0 Å². The average Bonchev–Trinajstić information content (AvgIpc) is 2.62. The van der Waals surface area contributed by atoms with Crippen LogP contribution in [0, 0.1) is 0 Å². The van der Waals surface area contributed by atoms with Crippen LogP contribution in [0.5, 0.6) is 23.0 Å². The van der Waals surface area contributed by atoms with Crippen molar-refractivity contribution in [2.45, 2.75) is 0 Å². The summed E-state index contributed by atoms with van der Waals surface area (Å²) in [7, 11) is 4.47. The summed E-state index contributed by atoms with van der Waals surface area (Å²) in [5, 5.41) is 13.4. The summed E-state index contributed by atoms with van der Waals surface area (Å²) in [6.07, 6.45) is 1.45. The molecule has 0 bridgehead atoms. The first-order chi connectivity index (χ1) is 11.6. The minimum Gasteiger partial charge on any atom is -0.504 e. The Morgan fingerprint density at radius 2 is 1.71 bits per heavy atom. The number of aromatic hydroxyl groups is 1. The highest BCUT2D eigenvalue weighted by Gasteiger charge is 2.10. The van der Waals surface area contributed by atoms with Gasteiger partial charge in [0.1, 0.15) is 0 Å². The molecule has 2 N–H and O–H groups in total.